The van der Waals surface area contributed by atoms with Gasteiger partial charge in [-0.2, -0.15) is 4.73 Å². The summed E-state index contributed by atoms with van der Waals surface area (Å²) < 4.78 is 7.25. The number of nitrogens with zero attached hydrogens (tertiary/aromatic N) is 3. The summed E-state index contributed by atoms with van der Waals surface area (Å²) in [4.78, 5) is 24.3. The van der Waals surface area contributed by atoms with Crippen LogP contribution in [-0.2, 0) is 0 Å². The number of aromatic nitrogens is 2. The van der Waals surface area contributed by atoms with Gasteiger partial charge in [0, 0.05) is 6.54 Å². The van der Waals surface area contributed by atoms with E-state index in [1.165, 1.54) is 30.4 Å². The van der Waals surface area contributed by atoms with Crippen LogP contribution in [0.25, 0.3) is 11.0 Å². The second-order valence-corrected chi connectivity index (χ2v) is 7.25. The van der Waals surface area contributed by atoms with E-state index in [4.69, 9.17) is 15.3 Å². The third-order valence-corrected chi connectivity index (χ3v) is 5.13. The van der Waals surface area contributed by atoms with Crippen molar-refractivity contribution in [2.75, 3.05) is 26.2 Å². The van der Waals surface area contributed by atoms with E-state index in [0.717, 1.165) is 25.4 Å². The zero-order chi connectivity index (χ0) is 20.1. The number of imidazole rings is 1. The molecule has 1 saturated heterocycles. The summed E-state index contributed by atoms with van der Waals surface area (Å²) in [7, 11) is 0. The van der Waals surface area contributed by atoms with E-state index in [1.54, 1.807) is 12.1 Å². The van der Waals surface area contributed by atoms with E-state index >= 15 is 0 Å². The highest BCUT2D eigenvalue weighted by Gasteiger charge is 2.17. The zero-order valence-corrected chi connectivity index (χ0v) is 16.4. The molecule has 1 fully saturated rings. The number of ether oxygens (including phenoxy) is 1. The molecule has 1 amide bonds. The Kier molecular flexibility index (Phi) is 5.95. The molecule has 0 radical (unpaired) electrons. The van der Waals surface area contributed by atoms with Gasteiger partial charge in [-0.15, -0.1) is 0 Å². The number of likely N-dealkylation sites (tertiary alicyclic amines) is 1. The van der Waals surface area contributed by atoms with Crippen LogP contribution in [0.1, 0.15) is 36.3 Å². The first-order valence-corrected chi connectivity index (χ1v) is 10.1. The van der Waals surface area contributed by atoms with Crippen LogP contribution in [0.15, 0.2) is 48.5 Å². The number of rotatable bonds is 7. The van der Waals surface area contributed by atoms with Gasteiger partial charge < -0.3 is 15.3 Å². The van der Waals surface area contributed by atoms with Gasteiger partial charge in [0.05, 0.1) is 5.52 Å². The summed E-state index contributed by atoms with van der Waals surface area (Å²) in [5.74, 6) is 0.770. The molecule has 0 unspecified atom stereocenters. The predicted molar refractivity (Wildman–Crippen MR) is 111 cm³/mol. The number of benzene rings is 2. The fraction of sp³-hybridized carbons (Fsp3) is 0.364. The van der Waals surface area contributed by atoms with Crippen molar-refractivity contribution in [3.63, 3.8) is 0 Å². The van der Waals surface area contributed by atoms with Gasteiger partial charge in [-0.25, -0.2) is 4.98 Å². The van der Waals surface area contributed by atoms with Crippen LogP contribution in [0.3, 0.4) is 0 Å². The third kappa shape index (κ3) is 4.68. The largest absolute Gasteiger partial charge is 0.492 e. The summed E-state index contributed by atoms with van der Waals surface area (Å²) in [6.45, 7) is 3.94. The van der Waals surface area contributed by atoms with Crippen LogP contribution >= 0.6 is 0 Å². The molecular formula is C22H26N4O3. The summed E-state index contributed by atoms with van der Waals surface area (Å²) in [5, 5.41) is 0. The molecule has 7 nitrogen and oxygen atoms in total. The van der Waals surface area contributed by atoms with E-state index in [-0.39, 0.29) is 5.82 Å². The Morgan fingerprint density at radius 3 is 2.38 bits per heavy atom. The van der Waals surface area contributed by atoms with Gasteiger partial charge in [0.2, 0.25) is 5.82 Å². The molecule has 7 heteroatoms. The Morgan fingerprint density at radius 1 is 0.966 bits per heavy atom. The molecule has 0 saturated carbocycles. The Balaban J connectivity index is 1.39. The second kappa shape index (κ2) is 8.96. The van der Waals surface area contributed by atoms with Crippen molar-refractivity contribution in [3.05, 3.63) is 54.4 Å². The normalized spacial score (nSPS) is 15.2. The summed E-state index contributed by atoms with van der Waals surface area (Å²) in [5.41, 5.74) is 6.78. The first-order valence-electron chi connectivity index (χ1n) is 10.1. The first-order chi connectivity index (χ1) is 14.2. The molecule has 0 spiro atoms. The standard InChI is InChI=1S/C22H26N4O3/c23-21(27)22-24-19-7-3-4-8-20(19)26(22)29-18-11-9-17(10-12-18)28-16-15-25-13-5-1-2-6-14-25/h3-4,7-12H,1-2,5-6,13-16H2,(H2,23,27). The topological polar surface area (TPSA) is 82.6 Å². The SMILES string of the molecule is NC(=O)c1nc2ccccc2n1Oc1ccc(OCCN2CCCCCC2)cc1. The zero-order valence-electron chi connectivity index (χ0n) is 16.4. The molecule has 2 N–H and O–H groups in total. The molecular weight excluding hydrogens is 368 g/mol. The molecule has 2 aromatic carbocycles. The molecule has 4 rings (SSSR count). The van der Waals surface area contributed by atoms with Gasteiger partial charge >= 0.3 is 0 Å². The summed E-state index contributed by atoms with van der Waals surface area (Å²) in [6.07, 6.45) is 5.23. The number of amides is 1. The Morgan fingerprint density at radius 2 is 1.66 bits per heavy atom. The van der Waals surface area contributed by atoms with Gasteiger partial charge in [-0.3, -0.25) is 9.69 Å². The van der Waals surface area contributed by atoms with Gasteiger partial charge in [0.1, 0.15) is 17.9 Å². The number of carbonyl (C=O) groups is 1. The Hall–Kier alpha value is -3.06. The molecule has 0 bridgehead atoms. The summed E-state index contributed by atoms with van der Waals surface area (Å²) >= 11 is 0. The molecule has 1 aliphatic heterocycles. The van der Waals surface area contributed by atoms with Crippen molar-refractivity contribution < 1.29 is 14.4 Å². The Bertz CT molecular complexity index is 960. The van der Waals surface area contributed by atoms with Crippen molar-refractivity contribution in [3.8, 4) is 11.5 Å². The predicted octanol–water partition coefficient (Wildman–Crippen LogP) is 3.23. The molecule has 1 aromatic heterocycles. The van der Waals surface area contributed by atoms with Crippen molar-refractivity contribution in [2.24, 2.45) is 5.73 Å². The molecule has 1 aliphatic rings. The van der Waals surface area contributed by atoms with Gasteiger partial charge in [0.25, 0.3) is 5.91 Å². The lowest BCUT2D eigenvalue weighted by Gasteiger charge is -2.19. The highest BCUT2D eigenvalue weighted by Crippen LogP contribution is 2.22. The van der Waals surface area contributed by atoms with Crippen molar-refractivity contribution in [1.29, 1.82) is 0 Å². The maximum absolute atomic E-state index is 11.7. The molecule has 2 heterocycles. The van der Waals surface area contributed by atoms with Crippen molar-refractivity contribution in [2.45, 2.75) is 25.7 Å². The lowest BCUT2D eigenvalue weighted by Crippen LogP contribution is -2.29. The Labute approximate surface area is 170 Å². The molecule has 152 valence electrons. The van der Waals surface area contributed by atoms with E-state index in [1.807, 2.05) is 36.4 Å². The minimum absolute atomic E-state index is 0.0592. The van der Waals surface area contributed by atoms with Crippen molar-refractivity contribution in [1.82, 2.24) is 14.6 Å². The maximum Gasteiger partial charge on any atom is 0.288 e. The van der Waals surface area contributed by atoms with Gasteiger partial charge in [0.15, 0.2) is 5.75 Å². The van der Waals surface area contributed by atoms with Crippen molar-refractivity contribution >= 4 is 16.9 Å². The monoisotopic (exact) mass is 394 g/mol. The third-order valence-electron chi connectivity index (χ3n) is 5.13. The fourth-order valence-electron chi connectivity index (χ4n) is 3.61. The number of nitrogens with two attached hydrogens (primary N) is 1. The van der Waals surface area contributed by atoms with Crippen LogP contribution in [0, 0.1) is 0 Å². The number of hydrogen-bond donors (Lipinski definition) is 1. The number of carbonyl (C=O) groups excluding carboxylic acids is 1. The van der Waals surface area contributed by atoms with Crippen LogP contribution in [0.4, 0.5) is 0 Å². The van der Waals surface area contributed by atoms with E-state index in [9.17, 15) is 4.79 Å². The molecule has 3 aromatic rings. The lowest BCUT2D eigenvalue weighted by atomic mass is 10.2. The van der Waals surface area contributed by atoms with E-state index in [2.05, 4.69) is 9.88 Å². The average molecular weight is 394 g/mol. The lowest BCUT2D eigenvalue weighted by molar-refractivity contribution is 0.0959. The minimum Gasteiger partial charge on any atom is -0.492 e. The summed E-state index contributed by atoms with van der Waals surface area (Å²) in [6, 6.07) is 14.7. The maximum atomic E-state index is 11.7. The molecule has 0 atom stereocenters. The number of hydrogen-bond acceptors (Lipinski definition) is 5. The molecule has 29 heavy (non-hydrogen) atoms. The number of para-hydroxylation sites is 2. The quantitative estimate of drug-likeness (QED) is 0.665. The average Bonchev–Trinajstić information content (AvgIpc) is 2.90. The van der Waals surface area contributed by atoms with Gasteiger partial charge in [-0.1, -0.05) is 25.0 Å². The number of fused-ring (bicyclic) bond motifs is 1. The highest BCUT2D eigenvalue weighted by molar-refractivity contribution is 5.93. The van der Waals surface area contributed by atoms with E-state index < -0.39 is 5.91 Å². The first kappa shape index (κ1) is 19.3. The van der Waals surface area contributed by atoms with E-state index in [0.29, 0.717) is 23.4 Å². The minimum atomic E-state index is -0.644. The van der Waals surface area contributed by atoms with Gasteiger partial charge in [-0.05, 0) is 62.3 Å². The van der Waals surface area contributed by atoms with Crippen LogP contribution in [-0.4, -0.2) is 46.8 Å². The number of primary amides is 1. The van der Waals surface area contributed by atoms with Crippen LogP contribution < -0.4 is 15.3 Å². The highest BCUT2D eigenvalue weighted by atomic mass is 16.7. The second-order valence-electron chi connectivity index (χ2n) is 7.25. The molecule has 0 aliphatic carbocycles. The smallest absolute Gasteiger partial charge is 0.288 e. The van der Waals surface area contributed by atoms with Crippen LogP contribution in [0.5, 0.6) is 11.5 Å². The van der Waals surface area contributed by atoms with Crippen LogP contribution in [0.2, 0.25) is 0 Å². The fourth-order valence-corrected chi connectivity index (χ4v) is 3.61.